The van der Waals surface area contributed by atoms with Crippen molar-refractivity contribution in [3.63, 3.8) is 0 Å². The van der Waals surface area contributed by atoms with Crippen LogP contribution in [0, 0.1) is 0 Å². The third-order valence-corrected chi connectivity index (χ3v) is 2.56. The first-order valence-electron chi connectivity index (χ1n) is 5.16. The molecular weight excluding hydrogens is 232 g/mol. The molecule has 0 N–H and O–H groups in total. The second-order valence-corrected chi connectivity index (χ2v) is 3.78. The summed E-state index contributed by atoms with van der Waals surface area (Å²) in [7, 11) is 1.64. The third kappa shape index (κ3) is 3.01. The van der Waals surface area contributed by atoms with Gasteiger partial charge in [-0.25, -0.2) is 0 Å². The van der Waals surface area contributed by atoms with E-state index >= 15 is 0 Å². The average molecular weight is 244 g/mol. The lowest BCUT2D eigenvalue weighted by atomic mass is 10.2. The molecule has 0 saturated carbocycles. The van der Waals surface area contributed by atoms with Crippen LogP contribution in [0.15, 0.2) is 60.0 Å². The first kappa shape index (κ1) is 11.5. The minimum atomic E-state index is 0.545. The number of hydrogen-bond donors (Lipinski definition) is 0. The van der Waals surface area contributed by atoms with E-state index in [1.54, 1.807) is 11.8 Å². The Balaban J connectivity index is 2.24. The zero-order chi connectivity index (χ0) is 12.1. The first-order chi connectivity index (χ1) is 8.29. The topological polar surface area (TPSA) is 25.5 Å². The Kier molecular flexibility index (Phi) is 3.67. The molecule has 0 aliphatic rings. The van der Waals surface area contributed by atoms with Crippen LogP contribution in [0.5, 0.6) is 5.75 Å². The number of hydrogen-bond acceptors (Lipinski definition) is 3. The number of ether oxygens (including phenoxy) is 1. The maximum Gasteiger partial charge on any atom is 0.202 e. The molecule has 1 aromatic carbocycles. The van der Waals surface area contributed by atoms with Crippen LogP contribution in [0.2, 0.25) is 0 Å². The van der Waals surface area contributed by atoms with Gasteiger partial charge in [0.25, 0.3) is 0 Å². The predicted octanol–water partition coefficient (Wildman–Crippen LogP) is 1.74. The number of aromatic nitrogens is 1. The average Bonchev–Trinajstić information content (AvgIpc) is 2.40. The molecule has 0 aliphatic carbocycles. The van der Waals surface area contributed by atoms with Crippen molar-refractivity contribution in [3.8, 4) is 5.75 Å². The van der Waals surface area contributed by atoms with Crippen LogP contribution in [-0.2, 0) is 12.6 Å². The zero-order valence-electron chi connectivity index (χ0n) is 9.41. The van der Waals surface area contributed by atoms with Crippen LogP contribution < -0.4 is 9.41 Å². The third-order valence-electron chi connectivity index (χ3n) is 2.24. The molecule has 0 spiro atoms. The van der Waals surface area contributed by atoms with Crippen molar-refractivity contribution < 1.29 is 9.41 Å². The van der Waals surface area contributed by atoms with Crippen molar-refractivity contribution in [1.29, 1.82) is 0 Å². The molecule has 0 atom stereocenters. The number of pyridine rings is 1. The highest BCUT2D eigenvalue weighted by atomic mass is 32.1. The second-order valence-electron chi connectivity index (χ2n) is 3.39. The van der Waals surface area contributed by atoms with E-state index in [2.05, 4.69) is 5.10 Å². The molecule has 2 rings (SSSR count). The van der Waals surface area contributed by atoms with Gasteiger partial charge in [-0.15, -0.1) is 0 Å². The summed E-state index contributed by atoms with van der Waals surface area (Å²) in [6.07, 6.45) is 3.69. The van der Waals surface area contributed by atoms with Crippen LogP contribution in [0.1, 0.15) is 5.56 Å². The maximum atomic E-state index is 5.25. The Morgan fingerprint density at radius 2 is 1.76 bits per heavy atom. The van der Waals surface area contributed by atoms with Crippen molar-refractivity contribution in [2.24, 2.45) is 5.10 Å². The normalized spacial score (nSPS) is 11.2. The van der Waals surface area contributed by atoms with Crippen LogP contribution in [0.25, 0.3) is 0 Å². The fraction of sp³-hybridized carbons (Fsp3) is 0.0769. The Morgan fingerprint density at radius 1 is 1.12 bits per heavy atom. The van der Waals surface area contributed by atoms with Crippen molar-refractivity contribution >= 4 is 17.7 Å². The van der Waals surface area contributed by atoms with E-state index in [-0.39, 0.29) is 0 Å². The highest BCUT2D eigenvalue weighted by Gasteiger charge is 1.97. The lowest BCUT2D eigenvalue weighted by Crippen LogP contribution is -2.27. The number of nitrogens with zero attached hydrogens (tertiary/aromatic N) is 2. The molecule has 0 amide bonds. The van der Waals surface area contributed by atoms with Crippen LogP contribution in [0.4, 0.5) is 0 Å². The molecule has 2 aromatic rings. The Bertz CT molecular complexity index is 509. The highest BCUT2D eigenvalue weighted by Crippen LogP contribution is 2.11. The number of methoxy groups -OCH3 is 1. The molecule has 0 radical (unpaired) electrons. The summed E-state index contributed by atoms with van der Waals surface area (Å²) >= 11 is 5.25. The van der Waals surface area contributed by atoms with E-state index in [1.807, 2.05) is 54.9 Å². The van der Waals surface area contributed by atoms with E-state index < -0.39 is 0 Å². The summed E-state index contributed by atoms with van der Waals surface area (Å²) in [4.78, 5) is 0. The van der Waals surface area contributed by atoms with E-state index in [0.29, 0.717) is 5.04 Å². The fourth-order valence-corrected chi connectivity index (χ4v) is 1.58. The minimum Gasteiger partial charge on any atom is -0.754 e. The van der Waals surface area contributed by atoms with Gasteiger partial charge in [0.2, 0.25) is 12.4 Å². The summed E-state index contributed by atoms with van der Waals surface area (Å²) in [5.41, 5.74) is 0.900. The van der Waals surface area contributed by atoms with Crippen molar-refractivity contribution in [1.82, 2.24) is 0 Å². The van der Waals surface area contributed by atoms with Gasteiger partial charge in [-0.05, 0) is 27.8 Å². The molecule has 1 heterocycles. The Labute approximate surface area is 106 Å². The Hall–Kier alpha value is -1.94. The summed E-state index contributed by atoms with van der Waals surface area (Å²) < 4.78 is 6.78. The van der Waals surface area contributed by atoms with E-state index in [1.165, 1.54) is 0 Å². The molecule has 0 unspecified atom stereocenters. The lowest BCUT2D eigenvalue weighted by Gasteiger charge is -2.08. The summed E-state index contributed by atoms with van der Waals surface area (Å²) in [6.45, 7) is 0. The van der Waals surface area contributed by atoms with Crippen LogP contribution >= 0.6 is 0 Å². The molecular formula is C13H12N2OS. The van der Waals surface area contributed by atoms with Crippen molar-refractivity contribution in [2.45, 2.75) is 0 Å². The van der Waals surface area contributed by atoms with E-state index in [0.717, 1.165) is 11.3 Å². The van der Waals surface area contributed by atoms with Gasteiger partial charge in [-0.2, -0.15) is 0 Å². The Morgan fingerprint density at radius 3 is 2.35 bits per heavy atom. The molecule has 17 heavy (non-hydrogen) atoms. The zero-order valence-corrected chi connectivity index (χ0v) is 10.2. The maximum absolute atomic E-state index is 5.25. The molecule has 0 saturated heterocycles. The van der Waals surface area contributed by atoms with Gasteiger partial charge in [-0.1, -0.05) is 22.9 Å². The molecule has 1 aromatic heterocycles. The molecule has 0 aliphatic heterocycles. The van der Waals surface area contributed by atoms with E-state index in [4.69, 9.17) is 17.4 Å². The smallest absolute Gasteiger partial charge is 0.202 e. The van der Waals surface area contributed by atoms with Crippen molar-refractivity contribution in [2.75, 3.05) is 7.11 Å². The molecule has 4 heteroatoms. The van der Waals surface area contributed by atoms with Gasteiger partial charge >= 0.3 is 0 Å². The van der Waals surface area contributed by atoms with Gasteiger partial charge in [0.1, 0.15) is 5.75 Å². The van der Waals surface area contributed by atoms with Crippen LogP contribution in [0.3, 0.4) is 0 Å². The molecule has 0 fully saturated rings. The summed E-state index contributed by atoms with van der Waals surface area (Å²) in [6, 6.07) is 13.3. The van der Waals surface area contributed by atoms with E-state index in [9.17, 15) is 0 Å². The fourth-order valence-electron chi connectivity index (χ4n) is 1.35. The predicted molar refractivity (Wildman–Crippen MR) is 68.9 cm³/mol. The molecule has 0 bridgehead atoms. The summed E-state index contributed by atoms with van der Waals surface area (Å²) in [5, 5.41) is 4.84. The van der Waals surface area contributed by atoms with Gasteiger partial charge < -0.3 is 17.4 Å². The SMILES string of the molecule is COc1ccc(/C([S-])=N\[n+]2ccccc2)cc1. The van der Waals surface area contributed by atoms with Gasteiger partial charge in [-0.3, -0.25) is 0 Å². The molecule has 3 nitrogen and oxygen atoms in total. The quantitative estimate of drug-likeness (QED) is 0.356. The molecule has 86 valence electrons. The van der Waals surface area contributed by atoms with Crippen LogP contribution in [-0.4, -0.2) is 12.2 Å². The standard InChI is InChI=1S/C13H12N2OS/c1-16-12-7-5-11(6-8-12)13(17)14-15-9-3-2-4-10-15/h2-10H,1H3. The number of rotatable bonds is 3. The lowest BCUT2D eigenvalue weighted by molar-refractivity contribution is -0.678. The van der Waals surface area contributed by atoms with Gasteiger partial charge in [0.15, 0.2) is 0 Å². The monoisotopic (exact) mass is 244 g/mol. The second kappa shape index (κ2) is 5.41. The number of benzene rings is 1. The summed E-state index contributed by atoms with van der Waals surface area (Å²) in [5.74, 6) is 0.809. The minimum absolute atomic E-state index is 0.545. The largest absolute Gasteiger partial charge is 0.754 e. The van der Waals surface area contributed by atoms with Gasteiger partial charge in [0, 0.05) is 12.1 Å². The highest BCUT2D eigenvalue weighted by molar-refractivity contribution is 7.78. The first-order valence-corrected chi connectivity index (χ1v) is 5.57. The van der Waals surface area contributed by atoms with Crippen molar-refractivity contribution in [3.05, 3.63) is 60.4 Å². The van der Waals surface area contributed by atoms with Gasteiger partial charge in [0.05, 0.1) is 7.11 Å².